The fraction of sp³-hybridized carbons (Fsp3) is 0.421. The summed E-state index contributed by atoms with van der Waals surface area (Å²) in [4.78, 5) is 3.78. The van der Waals surface area contributed by atoms with Crippen LogP contribution in [0.15, 0.2) is 35.4 Å². The lowest BCUT2D eigenvalue weighted by atomic mass is 9.80. The molecular weight excluding hydrogens is 417 g/mol. The first-order valence-corrected chi connectivity index (χ1v) is 10.8. The summed E-state index contributed by atoms with van der Waals surface area (Å²) in [6.07, 6.45) is 1.41. The van der Waals surface area contributed by atoms with Gasteiger partial charge in [-0.15, -0.1) is 0 Å². The summed E-state index contributed by atoms with van der Waals surface area (Å²) in [5.41, 5.74) is -1.31. The SMILES string of the molecule is CCOc1ncc(B2OC(C)(C)C(C)(C)O2)cc1S(=O)(=O)Nc1ccc(F)cc1F. The monoisotopic (exact) mass is 440 g/mol. The molecule has 11 heteroatoms. The second-order valence-corrected chi connectivity index (χ2v) is 9.47. The van der Waals surface area contributed by atoms with Crippen molar-refractivity contribution in [3.05, 3.63) is 42.1 Å². The molecule has 1 saturated heterocycles. The molecule has 0 spiro atoms. The van der Waals surface area contributed by atoms with Crippen molar-refractivity contribution in [1.82, 2.24) is 4.98 Å². The Morgan fingerprint density at radius 1 is 1.13 bits per heavy atom. The molecule has 0 saturated carbocycles. The minimum atomic E-state index is -4.32. The molecule has 162 valence electrons. The van der Waals surface area contributed by atoms with E-state index in [1.807, 2.05) is 27.7 Å². The first-order chi connectivity index (χ1) is 13.9. The number of hydrogen-bond donors (Lipinski definition) is 1. The zero-order chi connectivity index (χ0) is 22.3. The van der Waals surface area contributed by atoms with Crippen LogP contribution in [0, 0.1) is 11.6 Å². The maximum atomic E-state index is 14.0. The molecule has 30 heavy (non-hydrogen) atoms. The molecule has 1 aliphatic rings. The van der Waals surface area contributed by atoms with Crippen molar-refractivity contribution in [2.45, 2.75) is 50.7 Å². The van der Waals surface area contributed by atoms with Crippen molar-refractivity contribution in [3.63, 3.8) is 0 Å². The van der Waals surface area contributed by atoms with Crippen LogP contribution in [0.5, 0.6) is 5.88 Å². The maximum absolute atomic E-state index is 14.0. The molecule has 0 aliphatic carbocycles. The summed E-state index contributed by atoms with van der Waals surface area (Å²) in [6.45, 7) is 9.30. The average molecular weight is 440 g/mol. The van der Waals surface area contributed by atoms with Gasteiger partial charge in [-0.05, 0) is 52.8 Å². The van der Waals surface area contributed by atoms with E-state index < -0.39 is 45.7 Å². The van der Waals surface area contributed by atoms with Gasteiger partial charge in [-0.25, -0.2) is 22.2 Å². The van der Waals surface area contributed by atoms with E-state index in [1.54, 1.807) is 6.92 Å². The van der Waals surface area contributed by atoms with Gasteiger partial charge in [0.2, 0.25) is 5.88 Å². The standard InChI is InChI=1S/C19H23BF2N2O5S/c1-6-27-17-16(30(25,26)24-15-8-7-13(21)10-14(15)22)9-12(11-23-17)20-28-18(2,3)19(4,5)29-20/h7-11,24H,6H2,1-5H3. The molecule has 7 nitrogen and oxygen atoms in total. The van der Waals surface area contributed by atoms with Crippen molar-refractivity contribution in [2.75, 3.05) is 11.3 Å². The van der Waals surface area contributed by atoms with Crippen molar-refractivity contribution >= 4 is 28.3 Å². The minimum Gasteiger partial charge on any atom is -0.477 e. The van der Waals surface area contributed by atoms with Gasteiger partial charge < -0.3 is 14.0 Å². The first kappa shape index (κ1) is 22.5. The van der Waals surface area contributed by atoms with E-state index in [9.17, 15) is 17.2 Å². The van der Waals surface area contributed by atoms with Crippen LogP contribution in [0.25, 0.3) is 0 Å². The van der Waals surface area contributed by atoms with E-state index >= 15 is 0 Å². The molecule has 0 bridgehead atoms. The number of halogens is 2. The van der Waals surface area contributed by atoms with Gasteiger partial charge in [0.05, 0.1) is 23.5 Å². The highest BCUT2D eigenvalue weighted by molar-refractivity contribution is 7.92. The number of anilines is 1. The Kier molecular flexibility index (Phi) is 5.83. The lowest BCUT2D eigenvalue weighted by Gasteiger charge is -2.32. The van der Waals surface area contributed by atoms with Gasteiger partial charge in [0.15, 0.2) is 0 Å². The summed E-state index contributed by atoms with van der Waals surface area (Å²) >= 11 is 0. The number of rotatable bonds is 6. The largest absolute Gasteiger partial charge is 0.496 e. The topological polar surface area (TPSA) is 86.8 Å². The van der Waals surface area contributed by atoms with Crippen LogP contribution in [0.4, 0.5) is 14.5 Å². The van der Waals surface area contributed by atoms with Crippen molar-refractivity contribution < 1.29 is 31.2 Å². The molecule has 1 aliphatic heterocycles. The summed E-state index contributed by atoms with van der Waals surface area (Å²) in [5.74, 6) is -2.03. The summed E-state index contributed by atoms with van der Waals surface area (Å²) in [6, 6.07) is 3.84. The van der Waals surface area contributed by atoms with Crippen LogP contribution in [0.1, 0.15) is 34.6 Å². The molecule has 1 N–H and O–H groups in total. The Morgan fingerprint density at radius 2 is 1.77 bits per heavy atom. The van der Waals surface area contributed by atoms with Gasteiger partial charge in [-0.3, -0.25) is 4.72 Å². The summed E-state index contributed by atoms with van der Waals surface area (Å²) in [7, 11) is -5.17. The number of nitrogens with one attached hydrogen (secondary N) is 1. The maximum Gasteiger partial charge on any atom is 0.496 e. The molecule has 1 aromatic carbocycles. The molecule has 1 aromatic heterocycles. The van der Waals surface area contributed by atoms with E-state index in [1.165, 1.54) is 12.3 Å². The van der Waals surface area contributed by atoms with E-state index in [0.717, 1.165) is 12.1 Å². The Morgan fingerprint density at radius 3 is 2.33 bits per heavy atom. The normalized spacial score (nSPS) is 17.8. The second kappa shape index (κ2) is 7.79. The Hall–Kier alpha value is -2.24. The van der Waals surface area contributed by atoms with Gasteiger partial charge in [-0.1, -0.05) is 0 Å². The van der Waals surface area contributed by atoms with E-state index in [4.69, 9.17) is 14.0 Å². The third-order valence-corrected chi connectivity index (χ3v) is 6.47. The average Bonchev–Trinajstić information content (AvgIpc) is 2.85. The molecule has 0 radical (unpaired) electrons. The van der Waals surface area contributed by atoms with Crippen LogP contribution in [0.3, 0.4) is 0 Å². The molecule has 2 heterocycles. The van der Waals surface area contributed by atoms with Gasteiger partial charge in [0.1, 0.15) is 16.5 Å². The number of sulfonamides is 1. The number of nitrogens with zero attached hydrogens (tertiary/aromatic N) is 1. The van der Waals surface area contributed by atoms with Crippen LogP contribution in [0.2, 0.25) is 0 Å². The fourth-order valence-corrected chi connectivity index (χ4v) is 3.96. The molecule has 3 rings (SSSR count). The molecule has 1 fully saturated rings. The van der Waals surface area contributed by atoms with Crippen LogP contribution >= 0.6 is 0 Å². The lowest BCUT2D eigenvalue weighted by molar-refractivity contribution is 0.00578. The molecule has 0 unspecified atom stereocenters. The zero-order valence-corrected chi connectivity index (χ0v) is 18.1. The van der Waals surface area contributed by atoms with Crippen molar-refractivity contribution in [1.29, 1.82) is 0 Å². The first-order valence-electron chi connectivity index (χ1n) is 9.32. The quantitative estimate of drug-likeness (QED) is 0.696. The van der Waals surface area contributed by atoms with Gasteiger partial charge >= 0.3 is 7.12 Å². The lowest BCUT2D eigenvalue weighted by Crippen LogP contribution is -2.41. The Bertz CT molecular complexity index is 1050. The van der Waals surface area contributed by atoms with Crippen LogP contribution < -0.4 is 14.9 Å². The van der Waals surface area contributed by atoms with Crippen molar-refractivity contribution in [2.24, 2.45) is 0 Å². The number of benzene rings is 1. The van der Waals surface area contributed by atoms with Gasteiger partial charge in [0.25, 0.3) is 10.0 Å². The number of ether oxygens (including phenoxy) is 1. The summed E-state index contributed by atoms with van der Waals surface area (Å²) in [5, 5.41) is 0. The molecule has 2 aromatic rings. The smallest absolute Gasteiger partial charge is 0.477 e. The third-order valence-electron chi connectivity index (χ3n) is 5.11. The van der Waals surface area contributed by atoms with Crippen LogP contribution in [-0.4, -0.2) is 38.3 Å². The second-order valence-electron chi connectivity index (χ2n) is 7.82. The van der Waals surface area contributed by atoms with Gasteiger partial charge in [0, 0.05) is 17.7 Å². The zero-order valence-electron chi connectivity index (χ0n) is 17.3. The Balaban J connectivity index is 2.01. The predicted molar refractivity (Wildman–Crippen MR) is 108 cm³/mol. The highest BCUT2D eigenvalue weighted by atomic mass is 32.2. The highest BCUT2D eigenvalue weighted by Gasteiger charge is 2.52. The predicted octanol–water partition coefficient (Wildman–Crippen LogP) is 2.86. The number of aromatic nitrogens is 1. The summed E-state index contributed by atoms with van der Waals surface area (Å²) < 4.78 is 72.4. The van der Waals surface area contributed by atoms with Gasteiger partial charge in [-0.2, -0.15) is 0 Å². The molecular formula is C19H23BF2N2O5S. The highest BCUT2D eigenvalue weighted by Crippen LogP contribution is 2.37. The van der Waals surface area contributed by atoms with Crippen molar-refractivity contribution in [3.8, 4) is 5.88 Å². The number of hydrogen-bond acceptors (Lipinski definition) is 6. The molecule has 0 amide bonds. The third kappa shape index (κ3) is 4.28. The van der Waals surface area contributed by atoms with Crippen LogP contribution in [-0.2, 0) is 19.3 Å². The minimum absolute atomic E-state index is 0.159. The van der Waals surface area contributed by atoms with E-state index in [2.05, 4.69) is 9.71 Å². The van der Waals surface area contributed by atoms with E-state index in [-0.39, 0.29) is 17.4 Å². The molecule has 0 atom stereocenters. The van der Waals surface area contributed by atoms with E-state index in [0.29, 0.717) is 11.5 Å². The fourth-order valence-electron chi connectivity index (χ4n) is 2.76. The number of pyridine rings is 1. The Labute approximate surface area is 174 Å².